The van der Waals surface area contributed by atoms with E-state index in [1.54, 1.807) is 0 Å². The average Bonchev–Trinajstić information content (AvgIpc) is 2.94. The van der Waals surface area contributed by atoms with E-state index in [9.17, 15) is 4.79 Å². The second-order valence-corrected chi connectivity index (χ2v) is 5.42. The Morgan fingerprint density at radius 2 is 2.19 bits per heavy atom. The van der Waals surface area contributed by atoms with Gasteiger partial charge in [-0.25, -0.2) is 0 Å². The van der Waals surface area contributed by atoms with Crippen molar-refractivity contribution in [2.45, 2.75) is 38.8 Å². The van der Waals surface area contributed by atoms with Gasteiger partial charge in [-0.2, -0.15) is 5.10 Å². The Morgan fingerprint density at radius 3 is 3.00 bits per heavy atom. The minimum Gasteiger partial charge on any atom is -0.308 e. The van der Waals surface area contributed by atoms with Gasteiger partial charge in [-0.15, -0.1) is 0 Å². The third-order valence-corrected chi connectivity index (χ3v) is 3.80. The van der Waals surface area contributed by atoms with Crippen LogP contribution in [0.1, 0.15) is 30.2 Å². The molecule has 1 atom stereocenters. The number of rotatable bonds is 4. The van der Waals surface area contributed by atoms with Crippen LogP contribution in [0.15, 0.2) is 30.3 Å². The second-order valence-electron chi connectivity index (χ2n) is 5.42. The summed E-state index contributed by atoms with van der Waals surface area (Å²) < 4.78 is 0. The molecule has 110 valence electrons. The molecule has 0 fully saturated rings. The van der Waals surface area contributed by atoms with Crippen molar-refractivity contribution >= 4 is 11.7 Å². The molecule has 0 saturated carbocycles. The summed E-state index contributed by atoms with van der Waals surface area (Å²) in [6.45, 7) is 2.85. The number of nitrogens with zero attached hydrogens (tertiary/aromatic N) is 1. The number of aromatic amines is 1. The van der Waals surface area contributed by atoms with Crippen LogP contribution in [-0.4, -0.2) is 22.1 Å². The molecule has 1 unspecified atom stereocenters. The van der Waals surface area contributed by atoms with Crippen LogP contribution in [0.3, 0.4) is 0 Å². The third-order valence-electron chi connectivity index (χ3n) is 3.80. The highest BCUT2D eigenvalue weighted by Gasteiger charge is 2.24. The molecule has 1 aliphatic rings. The van der Waals surface area contributed by atoms with Crippen LogP contribution in [-0.2, 0) is 24.2 Å². The lowest BCUT2D eigenvalue weighted by Crippen LogP contribution is -2.44. The number of anilines is 1. The Hall–Kier alpha value is -2.14. The minimum atomic E-state index is -0.203. The van der Waals surface area contributed by atoms with Gasteiger partial charge in [0, 0.05) is 18.3 Å². The molecule has 2 heterocycles. The monoisotopic (exact) mass is 284 g/mol. The van der Waals surface area contributed by atoms with Gasteiger partial charge in [0.1, 0.15) is 0 Å². The quantitative estimate of drug-likeness (QED) is 0.804. The minimum absolute atomic E-state index is 0.0287. The van der Waals surface area contributed by atoms with Gasteiger partial charge in [0.05, 0.1) is 6.04 Å². The van der Waals surface area contributed by atoms with E-state index in [2.05, 4.69) is 39.9 Å². The van der Waals surface area contributed by atoms with Gasteiger partial charge in [0.2, 0.25) is 5.91 Å². The van der Waals surface area contributed by atoms with Gasteiger partial charge in [0.15, 0.2) is 5.82 Å². The van der Waals surface area contributed by atoms with Gasteiger partial charge in [0.25, 0.3) is 0 Å². The van der Waals surface area contributed by atoms with E-state index < -0.39 is 0 Å². The van der Waals surface area contributed by atoms with E-state index in [-0.39, 0.29) is 11.9 Å². The summed E-state index contributed by atoms with van der Waals surface area (Å²) in [4.78, 5) is 12.3. The van der Waals surface area contributed by atoms with Crippen LogP contribution in [0.4, 0.5) is 5.82 Å². The number of aryl methyl sites for hydroxylation is 1. The predicted molar refractivity (Wildman–Crippen MR) is 82.0 cm³/mol. The summed E-state index contributed by atoms with van der Waals surface area (Å²) in [6.07, 6.45) is 2.71. The zero-order valence-corrected chi connectivity index (χ0v) is 12.1. The van der Waals surface area contributed by atoms with Crippen molar-refractivity contribution in [2.75, 3.05) is 5.32 Å². The fraction of sp³-hybridized carbons (Fsp3) is 0.375. The number of carbonyl (C=O) groups is 1. The fourth-order valence-electron chi connectivity index (χ4n) is 2.68. The van der Waals surface area contributed by atoms with Gasteiger partial charge in [-0.3, -0.25) is 9.89 Å². The number of hydrogen-bond donors (Lipinski definition) is 3. The summed E-state index contributed by atoms with van der Waals surface area (Å²) in [7, 11) is 0. The standard InChI is InChI=1S/C16H20N4O/c1-2-5-13-9-15(20-19-13)18-16(21)14-8-11-6-3-4-7-12(11)10-17-14/h3-4,6-7,9,14,17H,2,5,8,10H2,1H3,(H2,18,19,20,21). The van der Waals surface area contributed by atoms with Gasteiger partial charge in [-0.05, 0) is 24.0 Å². The van der Waals surface area contributed by atoms with E-state index in [0.717, 1.165) is 25.1 Å². The van der Waals surface area contributed by atoms with Crippen molar-refractivity contribution in [3.63, 3.8) is 0 Å². The molecule has 3 rings (SSSR count). The van der Waals surface area contributed by atoms with Gasteiger partial charge in [-0.1, -0.05) is 37.6 Å². The first kappa shape index (κ1) is 13.8. The Balaban J connectivity index is 1.63. The molecule has 3 N–H and O–H groups in total. The molecule has 5 heteroatoms. The van der Waals surface area contributed by atoms with Crippen molar-refractivity contribution in [2.24, 2.45) is 0 Å². The smallest absolute Gasteiger partial charge is 0.243 e. The van der Waals surface area contributed by atoms with E-state index in [0.29, 0.717) is 12.2 Å². The molecule has 1 aliphatic heterocycles. The largest absolute Gasteiger partial charge is 0.308 e. The zero-order chi connectivity index (χ0) is 14.7. The summed E-state index contributed by atoms with van der Waals surface area (Å²) >= 11 is 0. The third kappa shape index (κ3) is 3.13. The lowest BCUT2D eigenvalue weighted by atomic mass is 9.95. The molecule has 1 aromatic heterocycles. The summed E-state index contributed by atoms with van der Waals surface area (Å²) in [6, 6.07) is 9.93. The maximum absolute atomic E-state index is 12.3. The van der Waals surface area contributed by atoms with Gasteiger partial charge < -0.3 is 10.6 Å². The Kier molecular flexibility index (Phi) is 4.01. The number of nitrogens with one attached hydrogen (secondary N) is 3. The molecule has 1 amide bonds. The molecule has 2 aromatic rings. The first-order valence-corrected chi connectivity index (χ1v) is 7.41. The molecule has 21 heavy (non-hydrogen) atoms. The molecule has 5 nitrogen and oxygen atoms in total. The fourth-order valence-corrected chi connectivity index (χ4v) is 2.68. The molecule has 0 radical (unpaired) electrons. The van der Waals surface area contributed by atoms with E-state index >= 15 is 0 Å². The van der Waals surface area contributed by atoms with Crippen molar-refractivity contribution in [1.82, 2.24) is 15.5 Å². The second kappa shape index (κ2) is 6.10. The number of amides is 1. The SMILES string of the molecule is CCCc1cc(NC(=O)C2Cc3ccccc3CN2)n[nH]1. The van der Waals surface area contributed by atoms with Crippen LogP contribution < -0.4 is 10.6 Å². The number of H-pyrrole nitrogens is 1. The number of hydrogen-bond acceptors (Lipinski definition) is 3. The Bertz CT molecular complexity index is 635. The Labute approximate surface area is 124 Å². The average molecular weight is 284 g/mol. The maximum Gasteiger partial charge on any atom is 0.243 e. The van der Waals surface area contributed by atoms with Crippen LogP contribution in [0.2, 0.25) is 0 Å². The van der Waals surface area contributed by atoms with Crippen LogP contribution in [0.5, 0.6) is 0 Å². The highest BCUT2D eigenvalue weighted by Crippen LogP contribution is 2.17. The summed E-state index contributed by atoms with van der Waals surface area (Å²) in [5.41, 5.74) is 3.56. The van der Waals surface area contributed by atoms with Gasteiger partial charge >= 0.3 is 0 Å². The molecule has 1 aromatic carbocycles. The summed E-state index contributed by atoms with van der Waals surface area (Å²) in [5, 5.41) is 13.2. The van der Waals surface area contributed by atoms with Crippen molar-refractivity contribution in [1.29, 1.82) is 0 Å². The molecule has 0 spiro atoms. The van der Waals surface area contributed by atoms with Crippen LogP contribution in [0, 0.1) is 0 Å². The van der Waals surface area contributed by atoms with Crippen LogP contribution >= 0.6 is 0 Å². The normalized spacial score (nSPS) is 17.3. The lowest BCUT2D eigenvalue weighted by Gasteiger charge is -2.24. The first-order valence-electron chi connectivity index (χ1n) is 7.41. The number of fused-ring (bicyclic) bond motifs is 1. The maximum atomic E-state index is 12.3. The Morgan fingerprint density at radius 1 is 1.38 bits per heavy atom. The van der Waals surface area contributed by atoms with Crippen molar-refractivity contribution in [3.05, 3.63) is 47.2 Å². The zero-order valence-electron chi connectivity index (χ0n) is 12.1. The molecule has 0 aliphatic carbocycles. The van der Waals surface area contributed by atoms with E-state index in [1.807, 2.05) is 18.2 Å². The molecule has 0 bridgehead atoms. The number of aromatic nitrogens is 2. The number of benzene rings is 1. The van der Waals surface area contributed by atoms with E-state index in [1.165, 1.54) is 11.1 Å². The molecular weight excluding hydrogens is 264 g/mol. The van der Waals surface area contributed by atoms with Crippen LogP contribution in [0.25, 0.3) is 0 Å². The highest BCUT2D eigenvalue weighted by molar-refractivity contribution is 5.94. The predicted octanol–water partition coefficient (Wildman–Crippen LogP) is 2.02. The van der Waals surface area contributed by atoms with Crippen molar-refractivity contribution < 1.29 is 4.79 Å². The van der Waals surface area contributed by atoms with Crippen molar-refractivity contribution in [3.8, 4) is 0 Å². The summed E-state index contributed by atoms with van der Waals surface area (Å²) in [5.74, 6) is 0.572. The topological polar surface area (TPSA) is 69.8 Å². The molecular formula is C16H20N4O. The first-order chi connectivity index (χ1) is 10.3. The number of carbonyl (C=O) groups excluding carboxylic acids is 1. The molecule has 0 saturated heterocycles. The lowest BCUT2D eigenvalue weighted by molar-refractivity contribution is -0.118. The highest BCUT2D eigenvalue weighted by atomic mass is 16.2. The van der Waals surface area contributed by atoms with E-state index in [4.69, 9.17) is 0 Å².